The summed E-state index contributed by atoms with van der Waals surface area (Å²) in [6, 6.07) is 2.64. The van der Waals surface area contributed by atoms with Crippen molar-refractivity contribution in [1.82, 2.24) is 14.9 Å². The molecule has 5 nitrogen and oxygen atoms in total. The van der Waals surface area contributed by atoms with Gasteiger partial charge in [0.15, 0.2) is 0 Å². The first-order valence-electron chi connectivity index (χ1n) is 7.54. The Labute approximate surface area is 129 Å². The van der Waals surface area contributed by atoms with Crippen LogP contribution in [-0.2, 0) is 4.74 Å². The van der Waals surface area contributed by atoms with Gasteiger partial charge in [-0.2, -0.15) is 0 Å². The zero-order chi connectivity index (χ0) is 14.7. The van der Waals surface area contributed by atoms with E-state index < -0.39 is 0 Å². The predicted octanol–water partition coefficient (Wildman–Crippen LogP) is 2.24. The second-order valence-corrected chi connectivity index (χ2v) is 6.26. The van der Waals surface area contributed by atoms with Crippen LogP contribution >= 0.6 is 11.3 Å². The molecule has 0 saturated carbocycles. The Bertz CT molecular complexity index is 588. The highest BCUT2D eigenvalue weighted by Gasteiger charge is 2.25. The highest BCUT2D eigenvalue weighted by molar-refractivity contribution is 7.16. The van der Waals surface area contributed by atoms with E-state index >= 15 is 0 Å². The molecule has 6 heteroatoms. The first-order chi connectivity index (χ1) is 10.3. The van der Waals surface area contributed by atoms with Gasteiger partial charge >= 0.3 is 0 Å². The Hall–Kier alpha value is -1.24. The van der Waals surface area contributed by atoms with Crippen LogP contribution in [0.1, 0.15) is 13.8 Å². The summed E-state index contributed by atoms with van der Waals surface area (Å²) in [7, 11) is 0. The summed E-state index contributed by atoms with van der Waals surface area (Å²) in [6.07, 6.45) is 1.68. The monoisotopic (exact) mass is 306 g/mol. The van der Waals surface area contributed by atoms with Gasteiger partial charge in [0.25, 0.3) is 0 Å². The van der Waals surface area contributed by atoms with Crippen LogP contribution in [0, 0.1) is 0 Å². The molecular weight excluding hydrogens is 284 g/mol. The Morgan fingerprint density at radius 2 is 2.29 bits per heavy atom. The van der Waals surface area contributed by atoms with Crippen LogP contribution in [0.25, 0.3) is 10.2 Å². The average Bonchev–Trinajstić information content (AvgIpc) is 2.97. The van der Waals surface area contributed by atoms with E-state index in [1.807, 2.05) is 6.92 Å². The van der Waals surface area contributed by atoms with Crippen molar-refractivity contribution in [3.63, 3.8) is 0 Å². The Morgan fingerprint density at radius 1 is 1.38 bits per heavy atom. The van der Waals surface area contributed by atoms with E-state index in [0.29, 0.717) is 6.04 Å². The number of anilines is 1. The third-order valence-corrected chi connectivity index (χ3v) is 4.85. The standard InChI is InChI=1S/C15H22N4OS/c1-3-20-8-7-18-5-6-19(10-12(18)2)14-13-4-9-21-15(13)17-11-16-14/h4,9,11-12H,3,5-8,10H2,1-2H3/t12-/m0/s1. The minimum Gasteiger partial charge on any atom is -0.380 e. The van der Waals surface area contributed by atoms with Gasteiger partial charge in [0.05, 0.1) is 12.0 Å². The van der Waals surface area contributed by atoms with Crippen LogP contribution in [0.2, 0.25) is 0 Å². The van der Waals surface area contributed by atoms with Crippen molar-refractivity contribution in [2.45, 2.75) is 19.9 Å². The van der Waals surface area contributed by atoms with E-state index in [1.165, 1.54) is 5.39 Å². The topological polar surface area (TPSA) is 41.5 Å². The minimum absolute atomic E-state index is 0.517. The van der Waals surface area contributed by atoms with Crippen molar-refractivity contribution in [1.29, 1.82) is 0 Å². The number of piperazine rings is 1. The fourth-order valence-electron chi connectivity index (χ4n) is 2.87. The lowest BCUT2D eigenvalue weighted by Crippen LogP contribution is -2.53. The van der Waals surface area contributed by atoms with Crippen LogP contribution in [0.4, 0.5) is 5.82 Å². The SMILES string of the molecule is CCOCCN1CCN(c2ncnc3sccc23)C[C@@H]1C. The molecule has 1 aliphatic rings. The molecule has 0 N–H and O–H groups in total. The minimum atomic E-state index is 0.517. The van der Waals surface area contributed by atoms with E-state index in [2.05, 4.69) is 38.1 Å². The quantitative estimate of drug-likeness (QED) is 0.793. The molecule has 0 radical (unpaired) electrons. The molecule has 2 aromatic rings. The van der Waals surface area contributed by atoms with Gasteiger partial charge in [0.1, 0.15) is 17.0 Å². The van der Waals surface area contributed by atoms with Gasteiger partial charge < -0.3 is 9.64 Å². The van der Waals surface area contributed by atoms with E-state index in [0.717, 1.165) is 50.0 Å². The third kappa shape index (κ3) is 3.17. The van der Waals surface area contributed by atoms with E-state index in [1.54, 1.807) is 17.7 Å². The van der Waals surface area contributed by atoms with Gasteiger partial charge in [-0.3, -0.25) is 4.90 Å². The molecule has 2 aromatic heterocycles. The molecule has 1 aliphatic heterocycles. The summed E-state index contributed by atoms with van der Waals surface area (Å²) in [6.45, 7) is 10.0. The fraction of sp³-hybridized carbons (Fsp3) is 0.600. The first-order valence-corrected chi connectivity index (χ1v) is 8.42. The maximum atomic E-state index is 5.47. The van der Waals surface area contributed by atoms with Crippen LogP contribution in [0.15, 0.2) is 17.8 Å². The Balaban J connectivity index is 1.68. The number of ether oxygens (including phenoxy) is 1. The molecule has 0 unspecified atom stereocenters. The number of hydrogen-bond donors (Lipinski definition) is 0. The Kier molecular flexibility index (Phi) is 4.67. The molecule has 0 bridgehead atoms. The third-order valence-electron chi connectivity index (χ3n) is 4.03. The van der Waals surface area contributed by atoms with Crippen molar-refractivity contribution in [2.75, 3.05) is 44.3 Å². The average molecular weight is 306 g/mol. The molecule has 3 heterocycles. The zero-order valence-corrected chi connectivity index (χ0v) is 13.5. The maximum Gasteiger partial charge on any atom is 0.140 e. The summed E-state index contributed by atoms with van der Waals surface area (Å²) in [5.74, 6) is 1.08. The molecule has 1 saturated heterocycles. The van der Waals surface area contributed by atoms with Crippen molar-refractivity contribution >= 4 is 27.4 Å². The lowest BCUT2D eigenvalue weighted by molar-refractivity contribution is 0.0925. The lowest BCUT2D eigenvalue weighted by Gasteiger charge is -2.40. The van der Waals surface area contributed by atoms with E-state index in [-0.39, 0.29) is 0 Å². The second kappa shape index (κ2) is 6.68. The van der Waals surface area contributed by atoms with E-state index in [4.69, 9.17) is 4.74 Å². The molecule has 0 aliphatic carbocycles. The number of nitrogens with zero attached hydrogens (tertiary/aromatic N) is 4. The summed E-state index contributed by atoms with van der Waals surface area (Å²) in [5, 5.41) is 3.27. The van der Waals surface area contributed by atoms with Crippen LogP contribution in [-0.4, -0.2) is 60.3 Å². The van der Waals surface area contributed by atoms with Gasteiger partial charge in [0.2, 0.25) is 0 Å². The van der Waals surface area contributed by atoms with Crippen LogP contribution < -0.4 is 4.90 Å². The molecule has 0 spiro atoms. The number of rotatable bonds is 5. The summed E-state index contributed by atoms with van der Waals surface area (Å²) >= 11 is 1.68. The van der Waals surface area contributed by atoms with Crippen LogP contribution in [0.3, 0.4) is 0 Å². The molecule has 1 fully saturated rings. The molecule has 21 heavy (non-hydrogen) atoms. The molecule has 114 valence electrons. The van der Waals surface area contributed by atoms with Crippen molar-refractivity contribution in [2.24, 2.45) is 0 Å². The number of thiophene rings is 1. The van der Waals surface area contributed by atoms with Crippen LogP contribution in [0.5, 0.6) is 0 Å². The van der Waals surface area contributed by atoms with Crippen molar-refractivity contribution in [3.05, 3.63) is 17.8 Å². The van der Waals surface area contributed by atoms with Gasteiger partial charge in [-0.15, -0.1) is 11.3 Å². The molecule has 0 aromatic carbocycles. The Morgan fingerprint density at radius 3 is 3.10 bits per heavy atom. The molecule has 1 atom stereocenters. The lowest BCUT2D eigenvalue weighted by atomic mass is 10.2. The molecule has 3 rings (SSSR count). The van der Waals surface area contributed by atoms with Gasteiger partial charge in [-0.1, -0.05) is 0 Å². The van der Waals surface area contributed by atoms with E-state index in [9.17, 15) is 0 Å². The van der Waals surface area contributed by atoms with Gasteiger partial charge in [0, 0.05) is 38.8 Å². The highest BCUT2D eigenvalue weighted by atomic mass is 32.1. The van der Waals surface area contributed by atoms with Gasteiger partial charge in [-0.25, -0.2) is 9.97 Å². The maximum absolute atomic E-state index is 5.47. The smallest absolute Gasteiger partial charge is 0.140 e. The number of aromatic nitrogens is 2. The molecule has 0 amide bonds. The number of hydrogen-bond acceptors (Lipinski definition) is 6. The summed E-state index contributed by atoms with van der Waals surface area (Å²) in [4.78, 5) is 14.8. The molecular formula is C15H22N4OS. The normalized spacial score (nSPS) is 20.3. The zero-order valence-electron chi connectivity index (χ0n) is 12.7. The van der Waals surface area contributed by atoms with Crippen molar-refractivity contribution in [3.8, 4) is 0 Å². The predicted molar refractivity (Wildman–Crippen MR) is 87.2 cm³/mol. The van der Waals surface area contributed by atoms with Gasteiger partial charge in [-0.05, 0) is 25.3 Å². The summed E-state index contributed by atoms with van der Waals surface area (Å²) < 4.78 is 5.47. The highest BCUT2D eigenvalue weighted by Crippen LogP contribution is 2.28. The largest absolute Gasteiger partial charge is 0.380 e. The number of fused-ring (bicyclic) bond motifs is 1. The van der Waals surface area contributed by atoms with Crippen molar-refractivity contribution < 1.29 is 4.74 Å². The first kappa shape index (κ1) is 14.7. The fourth-order valence-corrected chi connectivity index (χ4v) is 3.60. The second-order valence-electron chi connectivity index (χ2n) is 5.36. The summed E-state index contributed by atoms with van der Waals surface area (Å²) in [5.41, 5.74) is 0.